The number of Topliss-reactive ketones (excluding diaryl/α,β-unsaturated/α-hetero) is 1. The number of hydrogen-bond acceptors (Lipinski definition) is 8. The number of carbonyl (C=O) groups excluding carboxylic acids is 2. The molecular weight excluding hydrogens is 595 g/mol. The normalized spacial score (nSPS) is 11.1. The molecule has 14 heteroatoms. The molecule has 0 saturated carbocycles. The molecule has 1 heterocycles. The van der Waals surface area contributed by atoms with Gasteiger partial charge >= 0.3 is 6.03 Å². The van der Waals surface area contributed by atoms with E-state index in [4.69, 9.17) is 22.3 Å². The lowest BCUT2D eigenvalue weighted by atomic mass is 9.97. The molecule has 11 nitrogen and oxygen atoms in total. The maximum Gasteiger partial charge on any atom is 0.319 e. The van der Waals surface area contributed by atoms with Crippen LogP contribution < -0.4 is 27.4 Å². The SMILES string of the molecule is CSc1sc(C(=N)N)cc1S(=O)(=O)c1cccc(-c2c(C)cc(NC(=N)N)cc2NC(=O)NCCCCCC(C)=O)c1. The zero-order valence-electron chi connectivity index (χ0n) is 23.6. The molecule has 0 radical (unpaired) electrons. The molecule has 224 valence electrons. The molecule has 0 fully saturated rings. The van der Waals surface area contributed by atoms with Gasteiger partial charge in [-0.3, -0.25) is 10.8 Å². The number of nitrogen functional groups attached to an aromatic ring is 1. The quantitative estimate of drug-likeness (QED) is 0.0582. The summed E-state index contributed by atoms with van der Waals surface area (Å²) < 4.78 is 28.0. The summed E-state index contributed by atoms with van der Waals surface area (Å²) in [5.41, 5.74) is 13.9. The van der Waals surface area contributed by atoms with Crippen molar-refractivity contribution >= 4 is 67.9 Å². The molecule has 3 rings (SSSR count). The van der Waals surface area contributed by atoms with E-state index in [0.29, 0.717) is 56.5 Å². The Hall–Kier alpha value is -3.88. The summed E-state index contributed by atoms with van der Waals surface area (Å²) in [6, 6.07) is 10.8. The lowest BCUT2D eigenvalue weighted by Gasteiger charge is -2.18. The molecule has 42 heavy (non-hydrogen) atoms. The molecule has 1 aromatic heterocycles. The number of hydrogen-bond donors (Lipinski definition) is 7. The Morgan fingerprint density at radius 1 is 1.02 bits per heavy atom. The molecule has 3 aromatic rings. The van der Waals surface area contributed by atoms with Crippen LogP contribution in [0, 0.1) is 17.7 Å². The second-order valence-corrected chi connectivity index (χ2v) is 13.6. The highest BCUT2D eigenvalue weighted by molar-refractivity contribution is 8.01. The minimum Gasteiger partial charge on any atom is -0.383 e. The first-order chi connectivity index (χ1) is 19.8. The number of urea groups is 1. The third-order valence-electron chi connectivity index (χ3n) is 6.19. The fraction of sp³-hybridized carbons (Fsp3) is 0.286. The van der Waals surface area contributed by atoms with Crippen molar-refractivity contribution in [2.45, 2.75) is 53.5 Å². The molecule has 2 amide bonds. The van der Waals surface area contributed by atoms with E-state index >= 15 is 0 Å². The fourth-order valence-corrected chi connectivity index (χ4v) is 8.21. The number of rotatable bonds is 13. The van der Waals surface area contributed by atoms with Crippen molar-refractivity contribution in [3.63, 3.8) is 0 Å². The molecule has 2 aromatic carbocycles. The Morgan fingerprint density at radius 3 is 2.40 bits per heavy atom. The maximum absolute atomic E-state index is 13.7. The number of carbonyl (C=O) groups is 2. The molecule has 0 aliphatic rings. The standard InChI is InChI=1S/C28H35N7O4S3/c1-16-12-19(34-27(31)32)14-21(35-28(37)33-11-6-4-5-8-17(2)36)24(16)18-9-7-10-20(13-18)42(38,39)23-15-22(25(29)30)41-26(23)40-3/h7,9-10,12-15H,4-6,8,11H2,1-3H3,(H3,29,30)(H4,31,32,34)(H2,33,35,37). The first kappa shape index (κ1) is 32.6. The van der Waals surface area contributed by atoms with Crippen LogP contribution in [-0.2, 0) is 14.6 Å². The Kier molecular flexibility index (Phi) is 11.1. The number of ketones is 1. The molecule has 0 aliphatic heterocycles. The number of aryl methyl sites for hydroxylation is 1. The molecule has 9 N–H and O–H groups in total. The lowest BCUT2D eigenvalue weighted by Crippen LogP contribution is -2.30. The van der Waals surface area contributed by atoms with Crippen LogP contribution in [0.25, 0.3) is 11.1 Å². The lowest BCUT2D eigenvalue weighted by molar-refractivity contribution is -0.117. The zero-order chi connectivity index (χ0) is 31.0. The topological polar surface area (TPSA) is 204 Å². The average Bonchev–Trinajstić information content (AvgIpc) is 3.36. The van der Waals surface area contributed by atoms with E-state index in [0.717, 1.165) is 24.2 Å². The molecule has 0 saturated heterocycles. The predicted molar refractivity (Wildman–Crippen MR) is 171 cm³/mol. The van der Waals surface area contributed by atoms with Gasteiger partial charge in [0, 0.05) is 24.2 Å². The number of unbranched alkanes of at least 4 members (excludes halogenated alkanes) is 2. The van der Waals surface area contributed by atoms with Gasteiger partial charge in [-0.25, -0.2) is 13.2 Å². The number of guanidine groups is 1. The van der Waals surface area contributed by atoms with Crippen molar-refractivity contribution in [2.75, 3.05) is 23.4 Å². The number of anilines is 2. The number of sulfone groups is 1. The Morgan fingerprint density at radius 2 is 1.76 bits per heavy atom. The second-order valence-electron chi connectivity index (χ2n) is 9.56. The number of nitrogens with one attached hydrogen (secondary N) is 5. The van der Waals surface area contributed by atoms with Gasteiger partial charge in [-0.05, 0) is 74.4 Å². The number of thioether (sulfide) groups is 1. The van der Waals surface area contributed by atoms with Crippen LogP contribution in [0.1, 0.15) is 43.0 Å². The summed E-state index contributed by atoms with van der Waals surface area (Å²) in [6.07, 6.45) is 4.56. The maximum atomic E-state index is 13.7. The molecule has 0 aliphatic carbocycles. The number of amides is 2. The summed E-state index contributed by atoms with van der Waals surface area (Å²) in [5.74, 6) is -0.340. The van der Waals surface area contributed by atoms with E-state index in [1.807, 2.05) is 6.92 Å². The van der Waals surface area contributed by atoms with Gasteiger partial charge in [0.2, 0.25) is 9.84 Å². The molecule has 0 bridgehead atoms. The van der Waals surface area contributed by atoms with Crippen molar-refractivity contribution in [3.05, 3.63) is 52.9 Å². The highest BCUT2D eigenvalue weighted by atomic mass is 32.2. The van der Waals surface area contributed by atoms with Gasteiger partial charge in [-0.15, -0.1) is 23.1 Å². The fourth-order valence-electron chi connectivity index (χ4n) is 4.31. The van der Waals surface area contributed by atoms with Gasteiger partial charge in [-0.1, -0.05) is 18.6 Å². The third kappa shape index (κ3) is 8.33. The van der Waals surface area contributed by atoms with Crippen molar-refractivity contribution in [1.29, 1.82) is 10.8 Å². The zero-order valence-corrected chi connectivity index (χ0v) is 26.0. The Bertz CT molecular complexity index is 1620. The highest BCUT2D eigenvalue weighted by Crippen LogP contribution is 2.39. The molecule has 0 atom stereocenters. The molecular formula is C28H35N7O4S3. The average molecular weight is 630 g/mol. The number of amidine groups is 1. The summed E-state index contributed by atoms with van der Waals surface area (Å²) >= 11 is 2.42. The first-order valence-corrected chi connectivity index (χ1v) is 16.5. The van der Waals surface area contributed by atoms with E-state index in [-0.39, 0.29) is 27.4 Å². The summed E-state index contributed by atoms with van der Waals surface area (Å²) in [6.45, 7) is 3.78. The largest absolute Gasteiger partial charge is 0.383 e. The van der Waals surface area contributed by atoms with Crippen LogP contribution in [0.3, 0.4) is 0 Å². The van der Waals surface area contributed by atoms with Crippen molar-refractivity contribution in [2.24, 2.45) is 11.5 Å². The molecule has 0 spiro atoms. The number of thiophene rings is 1. The van der Waals surface area contributed by atoms with E-state index in [1.165, 1.54) is 23.9 Å². The van der Waals surface area contributed by atoms with Gasteiger partial charge in [0.1, 0.15) is 11.6 Å². The first-order valence-electron chi connectivity index (χ1n) is 13.0. The summed E-state index contributed by atoms with van der Waals surface area (Å²) in [4.78, 5) is 24.4. The number of nitrogens with two attached hydrogens (primary N) is 2. The van der Waals surface area contributed by atoms with Crippen LogP contribution in [0.4, 0.5) is 16.2 Å². The van der Waals surface area contributed by atoms with Gasteiger partial charge in [0.25, 0.3) is 0 Å². The van der Waals surface area contributed by atoms with Crippen molar-refractivity contribution in [3.8, 4) is 11.1 Å². The van der Waals surface area contributed by atoms with E-state index < -0.39 is 15.9 Å². The van der Waals surface area contributed by atoms with Gasteiger partial charge in [0.05, 0.1) is 24.6 Å². The summed E-state index contributed by atoms with van der Waals surface area (Å²) in [7, 11) is -3.96. The highest BCUT2D eigenvalue weighted by Gasteiger charge is 2.26. The van der Waals surface area contributed by atoms with E-state index in [2.05, 4.69) is 16.0 Å². The van der Waals surface area contributed by atoms with Crippen molar-refractivity contribution in [1.82, 2.24) is 5.32 Å². The van der Waals surface area contributed by atoms with E-state index in [1.54, 1.807) is 43.5 Å². The summed E-state index contributed by atoms with van der Waals surface area (Å²) in [5, 5.41) is 23.7. The second kappa shape index (κ2) is 14.3. The van der Waals surface area contributed by atoms with Crippen molar-refractivity contribution < 1.29 is 18.0 Å². The minimum absolute atomic E-state index is 0.0505. The number of benzene rings is 2. The van der Waals surface area contributed by atoms with Crippen LogP contribution in [0.2, 0.25) is 0 Å². The van der Waals surface area contributed by atoms with Crippen LogP contribution in [-0.4, -0.2) is 44.8 Å². The van der Waals surface area contributed by atoms with Crippen LogP contribution >= 0.6 is 23.1 Å². The Labute approximate surface area is 253 Å². The Balaban J connectivity index is 1.96. The van der Waals surface area contributed by atoms with Gasteiger partial charge < -0.3 is 32.2 Å². The van der Waals surface area contributed by atoms with Crippen LogP contribution in [0.5, 0.6) is 0 Å². The van der Waals surface area contributed by atoms with Crippen LogP contribution in [0.15, 0.2) is 56.5 Å². The van der Waals surface area contributed by atoms with Gasteiger partial charge in [-0.2, -0.15) is 0 Å². The van der Waals surface area contributed by atoms with E-state index in [9.17, 15) is 18.0 Å². The smallest absolute Gasteiger partial charge is 0.319 e. The minimum atomic E-state index is -3.96. The monoisotopic (exact) mass is 629 g/mol. The van der Waals surface area contributed by atoms with Gasteiger partial charge in [0.15, 0.2) is 5.96 Å². The predicted octanol–water partition coefficient (Wildman–Crippen LogP) is 5.14. The molecule has 0 unspecified atom stereocenters. The third-order valence-corrected chi connectivity index (χ3v) is 10.5.